The van der Waals surface area contributed by atoms with Crippen LogP contribution >= 0.6 is 11.3 Å². The van der Waals surface area contributed by atoms with E-state index < -0.39 is 35.5 Å². The summed E-state index contributed by atoms with van der Waals surface area (Å²) in [5, 5.41) is 17.0. The second kappa shape index (κ2) is 11.7. The highest BCUT2D eigenvalue weighted by molar-refractivity contribution is 7.13. The normalized spacial score (nSPS) is 16.2. The summed E-state index contributed by atoms with van der Waals surface area (Å²) in [5.74, 6) is -1.98. The molecule has 41 heavy (non-hydrogen) atoms. The van der Waals surface area contributed by atoms with Crippen LogP contribution < -0.4 is 31.9 Å². The van der Waals surface area contributed by atoms with Gasteiger partial charge < -0.3 is 31.9 Å². The van der Waals surface area contributed by atoms with Crippen LogP contribution in [0.5, 0.6) is 0 Å². The van der Waals surface area contributed by atoms with Crippen molar-refractivity contribution in [1.82, 2.24) is 41.2 Å². The molecule has 3 amide bonds. The Hall–Kier alpha value is -4.22. The molecule has 1 unspecified atom stereocenters. The highest BCUT2D eigenvalue weighted by Gasteiger charge is 2.35. The molecule has 6 N–H and O–H groups in total. The van der Waals surface area contributed by atoms with Crippen LogP contribution in [-0.4, -0.2) is 75.9 Å². The van der Waals surface area contributed by atoms with Crippen molar-refractivity contribution in [2.45, 2.75) is 31.2 Å². The molecule has 5 heterocycles. The first-order chi connectivity index (χ1) is 19.6. The van der Waals surface area contributed by atoms with E-state index in [9.17, 15) is 27.6 Å². The minimum atomic E-state index is -4.66. The van der Waals surface area contributed by atoms with Gasteiger partial charge in [0.05, 0.1) is 41.8 Å². The lowest BCUT2D eigenvalue weighted by atomic mass is 10.1. The van der Waals surface area contributed by atoms with Gasteiger partial charge in [0.1, 0.15) is 33.4 Å². The average molecular weight is 591 g/mol. The minimum absolute atomic E-state index is 0.000346. The third kappa shape index (κ3) is 6.75. The monoisotopic (exact) mass is 590 g/mol. The van der Waals surface area contributed by atoms with Crippen LogP contribution in [-0.2, 0) is 6.18 Å². The lowest BCUT2D eigenvalue weighted by Gasteiger charge is -2.30. The van der Waals surface area contributed by atoms with Gasteiger partial charge in [0.2, 0.25) is 0 Å². The summed E-state index contributed by atoms with van der Waals surface area (Å²) in [6.45, 7) is 4.03. The summed E-state index contributed by atoms with van der Waals surface area (Å²) in [5.41, 5.74) is -1.10. The first-order valence-corrected chi connectivity index (χ1v) is 13.3. The number of nitrogens with one attached hydrogen (secondary N) is 6. The number of alkyl halides is 3. The smallest absolute Gasteiger partial charge is 0.378 e. The molecular weight excluding hydrogens is 565 g/mol. The quantitative estimate of drug-likeness (QED) is 0.212. The fraction of sp³-hybridized carbons (Fsp3) is 0.375. The van der Waals surface area contributed by atoms with Gasteiger partial charge in [0.25, 0.3) is 17.7 Å². The van der Waals surface area contributed by atoms with Crippen molar-refractivity contribution in [1.29, 1.82) is 0 Å². The van der Waals surface area contributed by atoms with Gasteiger partial charge in [-0.1, -0.05) is 0 Å². The van der Waals surface area contributed by atoms with Gasteiger partial charge in [-0.05, 0) is 13.0 Å². The van der Waals surface area contributed by atoms with Crippen molar-refractivity contribution in [2.75, 3.05) is 36.8 Å². The summed E-state index contributed by atoms with van der Waals surface area (Å²) >= 11 is 0.951. The Labute approximate surface area is 235 Å². The number of nitrogens with zero attached hydrogens (tertiary/aromatic N) is 4. The van der Waals surface area contributed by atoms with Crippen LogP contribution in [0, 0.1) is 0 Å². The third-order valence-electron chi connectivity index (χ3n) is 6.31. The molecule has 0 radical (unpaired) electrons. The molecule has 0 aliphatic carbocycles. The number of hydrogen-bond donors (Lipinski definition) is 6. The molecule has 0 aromatic carbocycles. The maximum absolute atomic E-state index is 13.6. The average Bonchev–Trinajstić information content (AvgIpc) is 3.39. The topological polar surface area (TPSA) is 175 Å². The number of pyridine rings is 1. The number of hydrogen-bond acceptors (Lipinski definition) is 11. The van der Waals surface area contributed by atoms with Crippen molar-refractivity contribution in [3.05, 3.63) is 57.7 Å². The zero-order chi connectivity index (χ0) is 29.1. The first-order valence-electron chi connectivity index (χ1n) is 12.5. The van der Waals surface area contributed by atoms with Gasteiger partial charge in [-0.25, -0.2) is 19.9 Å². The van der Waals surface area contributed by atoms with Crippen LogP contribution in [0.25, 0.3) is 0 Å². The number of anilines is 2. The summed E-state index contributed by atoms with van der Waals surface area (Å²) in [7, 11) is 0. The molecule has 1 atom stereocenters. The molecule has 2 fully saturated rings. The van der Waals surface area contributed by atoms with Crippen molar-refractivity contribution < 1.29 is 27.6 Å². The Bertz CT molecular complexity index is 1460. The van der Waals surface area contributed by atoms with Crippen molar-refractivity contribution >= 4 is 40.6 Å². The second-order valence-electron chi connectivity index (χ2n) is 9.44. The van der Waals surface area contributed by atoms with E-state index >= 15 is 0 Å². The van der Waals surface area contributed by atoms with E-state index in [0.717, 1.165) is 29.9 Å². The van der Waals surface area contributed by atoms with Crippen LogP contribution in [0.4, 0.5) is 24.7 Å². The van der Waals surface area contributed by atoms with Gasteiger partial charge >= 0.3 is 6.18 Å². The fourth-order valence-electron chi connectivity index (χ4n) is 3.84. The van der Waals surface area contributed by atoms with Gasteiger partial charge in [0.15, 0.2) is 0 Å². The number of carbonyl (C=O) groups excluding carboxylic acids is 3. The van der Waals surface area contributed by atoms with E-state index in [1.54, 1.807) is 6.92 Å². The zero-order valence-electron chi connectivity index (χ0n) is 21.5. The van der Waals surface area contributed by atoms with Gasteiger partial charge in [0, 0.05) is 32.2 Å². The summed E-state index contributed by atoms with van der Waals surface area (Å²) in [4.78, 5) is 53.9. The Morgan fingerprint density at radius 3 is 2.24 bits per heavy atom. The predicted molar refractivity (Wildman–Crippen MR) is 142 cm³/mol. The fourth-order valence-corrected chi connectivity index (χ4v) is 4.66. The Balaban J connectivity index is 1.21. The number of thiazole rings is 1. The first kappa shape index (κ1) is 28.3. The van der Waals surface area contributed by atoms with Gasteiger partial charge in [-0.2, -0.15) is 13.2 Å². The van der Waals surface area contributed by atoms with Crippen LogP contribution in [0.1, 0.15) is 54.2 Å². The highest BCUT2D eigenvalue weighted by atomic mass is 32.1. The van der Waals surface area contributed by atoms with Crippen LogP contribution in [0.2, 0.25) is 0 Å². The second-order valence-corrected chi connectivity index (χ2v) is 10.5. The molecular formula is C24H25F3N10O3S. The Morgan fingerprint density at radius 1 is 0.927 bits per heavy atom. The molecule has 2 saturated heterocycles. The van der Waals surface area contributed by atoms with E-state index in [1.807, 2.05) is 0 Å². The minimum Gasteiger partial charge on any atom is -0.378 e. The molecule has 3 aromatic heterocycles. The van der Waals surface area contributed by atoms with Crippen molar-refractivity contribution in [3.63, 3.8) is 0 Å². The van der Waals surface area contributed by atoms with Crippen LogP contribution in [0.15, 0.2) is 30.9 Å². The predicted octanol–water partition coefficient (Wildman–Crippen LogP) is 1.18. The van der Waals surface area contributed by atoms with Gasteiger partial charge in [-0.15, -0.1) is 11.3 Å². The Kier molecular flexibility index (Phi) is 8.09. The molecule has 5 rings (SSSR count). The SMILES string of the molecule is CC(NC(=O)c1cc(C(=O)NC2CNC2)ncn1)c1ncc(C(=O)Nc2cc(C(F)(F)F)c(NC3CNC3)cn2)s1. The molecule has 0 spiro atoms. The van der Waals surface area contributed by atoms with E-state index in [0.29, 0.717) is 31.2 Å². The maximum Gasteiger partial charge on any atom is 0.418 e. The molecule has 13 nitrogen and oxygen atoms in total. The standard InChI is InChI=1S/C24H25F3N10O3S/c1-11(34-20(38)15-3-16(33-10-32-15)21(39)36-13-6-29-7-13)23-31-9-18(41-23)22(40)37-19-2-14(24(25,26)27)17(8-30-19)35-12-4-28-5-12/h2-3,8-13,28-29,35H,4-7H2,1H3,(H,34,38)(H,36,39)(H,30,37,40). The van der Waals surface area contributed by atoms with E-state index in [-0.39, 0.29) is 39.9 Å². The third-order valence-corrected chi connectivity index (χ3v) is 7.49. The lowest BCUT2D eigenvalue weighted by molar-refractivity contribution is -0.137. The molecule has 0 saturated carbocycles. The van der Waals surface area contributed by atoms with E-state index in [2.05, 4.69) is 51.8 Å². The summed E-state index contributed by atoms with van der Waals surface area (Å²) < 4.78 is 40.9. The molecule has 2 aliphatic rings. The van der Waals surface area contributed by atoms with E-state index in [1.165, 1.54) is 12.3 Å². The molecule has 0 bridgehead atoms. The molecule has 216 valence electrons. The molecule has 3 aromatic rings. The number of aromatic nitrogens is 4. The largest absolute Gasteiger partial charge is 0.418 e. The lowest BCUT2D eigenvalue weighted by Crippen LogP contribution is -2.57. The number of rotatable bonds is 9. The van der Waals surface area contributed by atoms with Crippen LogP contribution in [0.3, 0.4) is 0 Å². The summed E-state index contributed by atoms with van der Waals surface area (Å²) in [6, 6.07) is 1.26. The van der Waals surface area contributed by atoms with E-state index in [4.69, 9.17) is 0 Å². The number of carbonyl (C=O) groups is 3. The van der Waals surface area contributed by atoms with Gasteiger partial charge in [-0.3, -0.25) is 14.4 Å². The molecule has 17 heteroatoms. The number of halogens is 3. The highest BCUT2D eigenvalue weighted by Crippen LogP contribution is 2.36. The van der Waals surface area contributed by atoms with Crippen molar-refractivity contribution in [3.8, 4) is 0 Å². The molecule has 2 aliphatic heterocycles. The summed E-state index contributed by atoms with van der Waals surface area (Å²) in [6.07, 6.45) is -1.25. The maximum atomic E-state index is 13.6. The van der Waals surface area contributed by atoms with Crippen molar-refractivity contribution in [2.24, 2.45) is 0 Å². The number of amides is 3. The Morgan fingerprint density at radius 2 is 1.61 bits per heavy atom. The zero-order valence-corrected chi connectivity index (χ0v) is 22.3.